The van der Waals surface area contributed by atoms with Crippen molar-refractivity contribution in [3.63, 3.8) is 0 Å². The molecule has 0 amide bonds. The van der Waals surface area contributed by atoms with Crippen LogP contribution in [0.25, 0.3) is 0 Å². The van der Waals surface area contributed by atoms with Gasteiger partial charge in [-0.15, -0.1) is 0 Å². The number of phenolic OH excluding ortho intramolecular Hbond substituents is 1. The highest BCUT2D eigenvalue weighted by atomic mass is 16.5. The largest absolute Gasteiger partial charge is 0.504 e. The van der Waals surface area contributed by atoms with Crippen LogP contribution in [-0.4, -0.2) is 18.2 Å². The van der Waals surface area contributed by atoms with Crippen molar-refractivity contribution in [2.75, 3.05) is 7.11 Å². The predicted octanol–water partition coefficient (Wildman–Crippen LogP) is 1.07. The van der Waals surface area contributed by atoms with Crippen LogP contribution in [0.4, 0.5) is 0 Å². The average Bonchev–Trinajstić information content (AvgIpc) is 2.49. The van der Waals surface area contributed by atoms with Gasteiger partial charge in [-0.05, 0) is 6.07 Å². The Hall–Kier alpha value is -1.71. The van der Waals surface area contributed by atoms with Gasteiger partial charge >= 0.3 is 5.97 Å². The summed E-state index contributed by atoms with van der Waals surface area (Å²) in [6, 6.07) is 3.31. The van der Waals surface area contributed by atoms with Crippen molar-refractivity contribution in [1.29, 1.82) is 0 Å². The van der Waals surface area contributed by atoms with Gasteiger partial charge in [0.15, 0.2) is 11.5 Å². The van der Waals surface area contributed by atoms with Crippen LogP contribution in [0.2, 0.25) is 0 Å². The fourth-order valence-corrected chi connectivity index (χ4v) is 1.34. The van der Waals surface area contributed by atoms with Gasteiger partial charge in [-0.3, -0.25) is 0 Å². The zero-order valence-corrected chi connectivity index (χ0v) is 7.03. The Morgan fingerprint density at radius 2 is 2.31 bits per heavy atom. The lowest BCUT2D eigenvalue weighted by Gasteiger charge is -2.04. The highest BCUT2D eigenvalue weighted by Crippen LogP contribution is 2.35. The van der Waals surface area contributed by atoms with Crippen LogP contribution in [0.15, 0.2) is 12.1 Å². The lowest BCUT2D eigenvalue weighted by Crippen LogP contribution is -1.95. The molecule has 0 bridgehead atoms. The Balaban J connectivity index is 2.63. The Bertz CT molecular complexity index is 370. The number of hydrogen-bond acceptors (Lipinski definition) is 4. The maximum atomic E-state index is 11.1. The van der Waals surface area contributed by atoms with Gasteiger partial charge in [0.05, 0.1) is 7.11 Å². The summed E-state index contributed by atoms with van der Waals surface area (Å²) in [5.74, 6) is -0.341. The average molecular weight is 180 g/mol. The van der Waals surface area contributed by atoms with Crippen LogP contribution < -0.4 is 4.74 Å². The van der Waals surface area contributed by atoms with Crippen LogP contribution in [0, 0.1) is 0 Å². The van der Waals surface area contributed by atoms with E-state index in [2.05, 4.69) is 0 Å². The summed E-state index contributed by atoms with van der Waals surface area (Å²) >= 11 is 0. The molecule has 1 aliphatic heterocycles. The minimum Gasteiger partial charge on any atom is -0.504 e. The van der Waals surface area contributed by atoms with Crippen LogP contribution in [-0.2, 0) is 11.3 Å². The first-order chi connectivity index (χ1) is 6.24. The second-order valence-electron chi connectivity index (χ2n) is 2.73. The van der Waals surface area contributed by atoms with Crippen molar-refractivity contribution in [2.45, 2.75) is 6.61 Å². The van der Waals surface area contributed by atoms with E-state index in [0.717, 1.165) is 0 Å². The molecule has 2 rings (SSSR count). The molecule has 0 saturated heterocycles. The molecule has 1 N–H and O–H groups in total. The number of phenols is 1. The summed E-state index contributed by atoms with van der Waals surface area (Å²) in [4.78, 5) is 11.1. The second kappa shape index (κ2) is 2.65. The van der Waals surface area contributed by atoms with Crippen molar-refractivity contribution in [3.8, 4) is 11.5 Å². The third-order valence-electron chi connectivity index (χ3n) is 2.01. The first-order valence-electron chi connectivity index (χ1n) is 3.80. The van der Waals surface area contributed by atoms with Gasteiger partial charge in [-0.1, -0.05) is 6.07 Å². The van der Waals surface area contributed by atoms with Gasteiger partial charge in [0.2, 0.25) is 0 Å². The van der Waals surface area contributed by atoms with Gasteiger partial charge in [-0.2, -0.15) is 0 Å². The van der Waals surface area contributed by atoms with Crippen LogP contribution in [0.3, 0.4) is 0 Å². The molecule has 68 valence electrons. The molecule has 0 atom stereocenters. The number of rotatable bonds is 1. The molecule has 1 heterocycles. The van der Waals surface area contributed by atoms with E-state index in [9.17, 15) is 9.90 Å². The van der Waals surface area contributed by atoms with Crippen molar-refractivity contribution >= 4 is 5.97 Å². The molecule has 1 aromatic carbocycles. The lowest BCUT2D eigenvalue weighted by molar-refractivity contribution is 0.0533. The van der Waals surface area contributed by atoms with E-state index in [4.69, 9.17) is 9.47 Å². The summed E-state index contributed by atoms with van der Waals surface area (Å²) in [5, 5.41) is 9.55. The molecule has 1 aromatic rings. The number of hydrogen-bond donors (Lipinski definition) is 1. The topological polar surface area (TPSA) is 55.8 Å². The molecule has 13 heavy (non-hydrogen) atoms. The molecule has 0 unspecified atom stereocenters. The smallest absolute Gasteiger partial charge is 0.342 e. The number of fused-ring (bicyclic) bond motifs is 1. The zero-order chi connectivity index (χ0) is 9.42. The van der Waals surface area contributed by atoms with E-state index in [1.165, 1.54) is 7.11 Å². The maximum Gasteiger partial charge on any atom is 0.342 e. The first-order valence-corrected chi connectivity index (χ1v) is 3.80. The van der Waals surface area contributed by atoms with Crippen molar-refractivity contribution in [3.05, 3.63) is 23.3 Å². The number of carbonyl (C=O) groups excluding carboxylic acids is 1. The molecule has 0 aromatic heterocycles. The monoisotopic (exact) mass is 180 g/mol. The third kappa shape index (κ3) is 1.02. The third-order valence-corrected chi connectivity index (χ3v) is 2.01. The fourth-order valence-electron chi connectivity index (χ4n) is 1.34. The van der Waals surface area contributed by atoms with Gasteiger partial charge in [0.25, 0.3) is 0 Å². The summed E-state index contributed by atoms with van der Waals surface area (Å²) in [5.41, 5.74) is 0.919. The van der Waals surface area contributed by atoms with Crippen molar-refractivity contribution in [2.24, 2.45) is 0 Å². The molecular formula is C9H8O4. The quantitative estimate of drug-likeness (QED) is 0.657. The van der Waals surface area contributed by atoms with Crippen molar-refractivity contribution < 1.29 is 19.4 Å². The van der Waals surface area contributed by atoms with Gasteiger partial charge < -0.3 is 14.6 Å². The minimum atomic E-state index is -0.494. The van der Waals surface area contributed by atoms with E-state index in [0.29, 0.717) is 5.56 Å². The highest BCUT2D eigenvalue weighted by Gasteiger charge is 2.26. The van der Waals surface area contributed by atoms with E-state index < -0.39 is 5.97 Å². The molecular weight excluding hydrogens is 172 g/mol. The molecule has 4 nitrogen and oxygen atoms in total. The lowest BCUT2D eigenvalue weighted by atomic mass is 10.1. The highest BCUT2D eigenvalue weighted by molar-refractivity contribution is 5.97. The van der Waals surface area contributed by atoms with E-state index in [-0.39, 0.29) is 23.7 Å². The molecule has 1 aliphatic rings. The van der Waals surface area contributed by atoms with E-state index >= 15 is 0 Å². The Morgan fingerprint density at radius 3 is 3.00 bits per heavy atom. The number of aromatic hydroxyl groups is 1. The van der Waals surface area contributed by atoms with Crippen LogP contribution in [0.1, 0.15) is 15.9 Å². The molecule has 0 aliphatic carbocycles. The first kappa shape index (κ1) is 7.91. The summed E-state index contributed by atoms with van der Waals surface area (Å²) in [7, 11) is 1.43. The van der Waals surface area contributed by atoms with E-state index in [1.807, 2.05) is 0 Å². The van der Waals surface area contributed by atoms with Gasteiger partial charge in [0, 0.05) is 5.56 Å². The molecule has 0 spiro atoms. The SMILES string of the molecule is COc1ccc2c(c1O)C(=O)OC2. The normalized spacial score (nSPS) is 13.8. The number of benzene rings is 1. The zero-order valence-electron chi connectivity index (χ0n) is 7.03. The van der Waals surface area contributed by atoms with E-state index in [1.54, 1.807) is 12.1 Å². The number of carbonyl (C=O) groups is 1. The second-order valence-corrected chi connectivity index (χ2v) is 2.73. The van der Waals surface area contributed by atoms with Gasteiger partial charge in [0.1, 0.15) is 12.2 Å². The molecule has 0 radical (unpaired) electrons. The molecule has 0 saturated carbocycles. The predicted molar refractivity (Wildman–Crippen MR) is 43.8 cm³/mol. The van der Waals surface area contributed by atoms with Crippen LogP contribution >= 0.6 is 0 Å². The Morgan fingerprint density at radius 1 is 1.54 bits per heavy atom. The number of esters is 1. The maximum absolute atomic E-state index is 11.1. The fraction of sp³-hybridized carbons (Fsp3) is 0.222. The summed E-state index contributed by atoms with van der Waals surface area (Å²) in [6.07, 6.45) is 0. The molecule has 0 fully saturated rings. The minimum absolute atomic E-state index is 0.137. The number of cyclic esters (lactones) is 1. The Labute approximate surface area is 74.7 Å². The number of ether oxygens (including phenoxy) is 2. The summed E-state index contributed by atoms with van der Waals surface area (Å²) < 4.78 is 9.61. The van der Waals surface area contributed by atoms with Crippen molar-refractivity contribution in [1.82, 2.24) is 0 Å². The number of methoxy groups -OCH3 is 1. The van der Waals surface area contributed by atoms with Crippen LogP contribution in [0.5, 0.6) is 11.5 Å². The Kier molecular flexibility index (Phi) is 1.62. The standard InChI is InChI=1S/C9H8O4/c1-12-6-3-2-5-4-13-9(11)7(5)8(6)10/h2-3,10H,4H2,1H3. The summed E-state index contributed by atoms with van der Waals surface area (Å²) in [6.45, 7) is 0.228. The van der Waals surface area contributed by atoms with Gasteiger partial charge in [-0.25, -0.2) is 4.79 Å². The molecule has 4 heteroatoms.